The highest BCUT2D eigenvalue weighted by atomic mass is 32.3. The number of hydrogen-bond donors (Lipinski definition) is 0. The van der Waals surface area contributed by atoms with Gasteiger partial charge in [0.15, 0.2) is 0 Å². The van der Waals surface area contributed by atoms with Gasteiger partial charge in [0.1, 0.15) is 0 Å². The van der Waals surface area contributed by atoms with Gasteiger partial charge < -0.3 is 14.7 Å². The molecule has 12 rings (SSSR count). The number of aryl methyl sites for hydroxylation is 3. The first-order chi connectivity index (χ1) is 35.1. The summed E-state index contributed by atoms with van der Waals surface area (Å²) in [6.07, 6.45) is 0. The molecule has 5 heteroatoms. The second kappa shape index (κ2) is 18.0. The van der Waals surface area contributed by atoms with Gasteiger partial charge in [-0.3, -0.25) is 0 Å². The van der Waals surface area contributed by atoms with Crippen LogP contribution in [0.15, 0.2) is 262 Å². The van der Waals surface area contributed by atoms with Crippen LogP contribution in [-0.2, 0) is 5.41 Å². The maximum Gasteiger partial charge on any atom is 0.252 e. The molecule has 2 aliphatic rings. The minimum absolute atomic E-state index is 0.0259. The zero-order valence-electron chi connectivity index (χ0n) is 41.9. The van der Waals surface area contributed by atoms with E-state index in [9.17, 15) is 0 Å². The average Bonchev–Trinajstić information content (AvgIpc) is 3.41. The van der Waals surface area contributed by atoms with Gasteiger partial charge in [-0.1, -0.05) is 159 Å². The molecular formula is C67H58BN3S. The molecule has 0 spiro atoms. The van der Waals surface area contributed by atoms with Crippen molar-refractivity contribution in [1.82, 2.24) is 0 Å². The van der Waals surface area contributed by atoms with Crippen LogP contribution in [0.3, 0.4) is 0 Å². The van der Waals surface area contributed by atoms with Crippen LogP contribution >= 0.6 is 10.0 Å². The Labute approximate surface area is 428 Å². The van der Waals surface area contributed by atoms with Crippen molar-refractivity contribution < 1.29 is 0 Å². The zero-order valence-corrected chi connectivity index (χ0v) is 42.7. The maximum absolute atomic E-state index is 2.60. The fourth-order valence-corrected chi connectivity index (χ4v) is 15.3. The van der Waals surface area contributed by atoms with Gasteiger partial charge in [0.2, 0.25) is 0 Å². The zero-order chi connectivity index (χ0) is 49.1. The molecule has 0 fully saturated rings. The van der Waals surface area contributed by atoms with Crippen molar-refractivity contribution in [3.63, 3.8) is 0 Å². The molecule has 2 heterocycles. The van der Waals surface area contributed by atoms with Crippen molar-refractivity contribution in [2.24, 2.45) is 0 Å². The Hall–Kier alpha value is -7.99. The first-order valence-electron chi connectivity index (χ1n) is 25.2. The van der Waals surface area contributed by atoms with E-state index in [2.05, 4.69) is 299 Å². The molecule has 3 nitrogen and oxygen atoms in total. The van der Waals surface area contributed by atoms with E-state index in [1.807, 2.05) is 0 Å². The van der Waals surface area contributed by atoms with Gasteiger partial charge >= 0.3 is 0 Å². The standard InChI is InChI=1S/C67H58BN3S/c1-47-32-36-53(37-33-47)70-62-39-34-48(2)42-59(62)68-60-44-50(67(4,5)6)35-40-63(60)71(65-46-54(45-64(70)66(65)68)69(51-22-12-7-13-23-51)52-24-14-8-15-25-52)61-41-38-58(43-49(61)3)72(55-26-16-9-17-27-55,56-28-18-10-19-29-56)57-30-20-11-21-31-57/h7-46H,1-6H3. The van der Waals surface area contributed by atoms with Crippen LogP contribution in [0.2, 0.25) is 0 Å². The third-order valence-electron chi connectivity index (χ3n) is 14.7. The largest absolute Gasteiger partial charge is 0.311 e. The van der Waals surface area contributed by atoms with E-state index in [1.165, 1.54) is 81.0 Å². The van der Waals surface area contributed by atoms with Crippen molar-refractivity contribution in [2.45, 2.75) is 66.5 Å². The van der Waals surface area contributed by atoms with Gasteiger partial charge in [-0.05, 0) is 169 Å². The lowest BCUT2D eigenvalue weighted by atomic mass is 9.33. The summed E-state index contributed by atoms with van der Waals surface area (Å²) in [5, 5.41) is 0. The molecule has 2 aliphatic heterocycles. The van der Waals surface area contributed by atoms with E-state index in [0.717, 1.165) is 28.4 Å². The molecule has 0 aromatic heterocycles. The van der Waals surface area contributed by atoms with Crippen LogP contribution in [0, 0.1) is 20.8 Å². The monoisotopic (exact) mass is 947 g/mol. The Kier molecular flexibility index (Phi) is 11.3. The van der Waals surface area contributed by atoms with E-state index in [0.29, 0.717) is 0 Å². The van der Waals surface area contributed by atoms with Gasteiger partial charge in [-0.2, -0.15) is 0 Å². The maximum atomic E-state index is 2.60. The molecule has 0 saturated heterocycles. The lowest BCUT2D eigenvalue weighted by molar-refractivity contribution is 0.591. The molecule has 10 aromatic carbocycles. The molecule has 72 heavy (non-hydrogen) atoms. The highest BCUT2D eigenvalue weighted by molar-refractivity contribution is 8.34. The van der Waals surface area contributed by atoms with Gasteiger partial charge in [-0.25, -0.2) is 0 Å². The van der Waals surface area contributed by atoms with Gasteiger partial charge in [0, 0.05) is 65.1 Å². The summed E-state index contributed by atoms with van der Waals surface area (Å²) in [4.78, 5) is 12.8. The summed E-state index contributed by atoms with van der Waals surface area (Å²) in [6.45, 7) is 13.7. The number of anilines is 9. The summed E-state index contributed by atoms with van der Waals surface area (Å²) in [6, 6.07) is 91.0. The van der Waals surface area contributed by atoms with Crippen LogP contribution in [0.25, 0.3) is 0 Å². The number of fused-ring (bicyclic) bond motifs is 4. The SMILES string of the molecule is Cc1ccc(N2c3ccc(C)cc3B3c4cc(C(C)(C)C)ccc4N(c4ccc(S(c5ccccc5)(c5ccccc5)c5ccccc5)cc4C)c4cc(N(c5ccccc5)c5ccccc5)cc2c43)cc1. The van der Waals surface area contributed by atoms with Gasteiger partial charge in [-0.15, -0.1) is 10.0 Å². The predicted molar refractivity (Wildman–Crippen MR) is 308 cm³/mol. The fourth-order valence-electron chi connectivity index (χ4n) is 11.3. The lowest BCUT2D eigenvalue weighted by Crippen LogP contribution is -2.61. The van der Waals surface area contributed by atoms with Crippen LogP contribution in [0.5, 0.6) is 0 Å². The van der Waals surface area contributed by atoms with Crippen molar-refractivity contribution in [1.29, 1.82) is 0 Å². The summed E-state index contributed by atoms with van der Waals surface area (Å²) >= 11 is 0. The second-order valence-electron chi connectivity index (χ2n) is 20.4. The number of rotatable bonds is 9. The first kappa shape index (κ1) is 45.2. The number of nitrogens with zero attached hydrogens (tertiary/aromatic N) is 3. The Morgan fingerprint density at radius 3 is 1.36 bits per heavy atom. The minimum atomic E-state index is -1.92. The summed E-state index contributed by atoms with van der Waals surface area (Å²) in [5.74, 6) is 0. The van der Waals surface area contributed by atoms with Crippen molar-refractivity contribution >= 4 is 84.3 Å². The molecule has 350 valence electrons. The number of hydrogen-bond acceptors (Lipinski definition) is 3. The Morgan fingerprint density at radius 1 is 0.375 bits per heavy atom. The molecule has 0 unspecified atom stereocenters. The summed E-state index contributed by atoms with van der Waals surface area (Å²) < 4.78 is 0. The van der Waals surface area contributed by atoms with Gasteiger partial charge in [0.25, 0.3) is 6.71 Å². The Morgan fingerprint density at radius 2 is 0.833 bits per heavy atom. The molecule has 0 N–H and O–H groups in total. The lowest BCUT2D eigenvalue weighted by Gasteiger charge is -2.46. The topological polar surface area (TPSA) is 9.72 Å². The quantitative estimate of drug-likeness (QED) is 0.134. The minimum Gasteiger partial charge on any atom is -0.311 e. The van der Waals surface area contributed by atoms with E-state index in [4.69, 9.17) is 0 Å². The van der Waals surface area contributed by atoms with E-state index in [-0.39, 0.29) is 12.1 Å². The van der Waals surface area contributed by atoms with Gasteiger partial charge in [0.05, 0.1) is 5.69 Å². The highest BCUT2D eigenvalue weighted by Gasteiger charge is 2.45. The smallest absolute Gasteiger partial charge is 0.252 e. The van der Waals surface area contributed by atoms with E-state index in [1.54, 1.807) is 0 Å². The average molecular weight is 948 g/mol. The van der Waals surface area contributed by atoms with Crippen LogP contribution in [0.1, 0.15) is 43.0 Å². The molecule has 0 atom stereocenters. The van der Waals surface area contributed by atoms with Crippen molar-refractivity contribution in [3.8, 4) is 0 Å². The summed E-state index contributed by atoms with van der Waals surface area (Å²) in [7, 11) is -1.92. The molecule has 0 bridgehead atoms. The normalized spacial score (nSPS) is 13.0. The van der Waals surface area contributed by atoms with E-state index >= 15 is 0 Å². The molecular weight excluding hydrogens is 890 g/mol. The predicted octanol–water partition coefficient (Wildman–Crippen LogP) is 16.8. The molecule has 10 aromatic rings. The molecule has 0 radical (unpaired) electrons. The highest BCUT2D eigenvalue weighted by Crippen LogP contribution is 2.73. The third kappa shape index (κ3) is 7.54. The van der Waals surface area contributed by atoms with Crippen LogP contribution < -0.4 is 31.1 Å². The van der Waals surface area contributed by atoms with E-state index < -0.39 is 10.0 Å². The summed E-state index contributed by atoms with van der Waals surface area (Å²) in [5.41, 5.74) is 19.2. The van der Waals surface area contributed by atoms with Crippen LogP contribution in [0.4, 0.5) is 51.2 Å². The Bertz CT molecular complexity index is 3460. The van der Waals surface area contributed by atoms with Crippen LogP contribution in [-0.4, -0.2) is 6.71 Å². The number of benzene rings is 10. The second-order valence-corrected chi connectivity index (χ2v) is 23.5. The Balaban J connectivity index is 1.18. The fraction of sp³-hybridized carbons (Fsp3) is 0.104. The first-order valence-corrected chi connectivity index (χ1v) is 26.8. The van der Waals surface area contributed by atoms with Crippen molar-refractivity contribution in [3.05, 3.63) is 265 Å². The molecule has 0 aliphatic carbocycles. The van der Waals surface area contributed by atoms with Crippen molar-refractivity contribution in [2.75, 3.05) is 14.7 Å². The molecule has 0 saturated carbocycles. The molecule has 0 amide bonds. The number of para-hydroxylation sites is 2. The third-order valence-corrected chi connectivity index (χ3v) is 18.6.